The van der Waals surface area contributed by atoms with Crippen molar-refractivity contribution in [2.24, 2.45) is 0 Å². The maximum absolute atomic E-state index is 13.5. The fourth-order valence-corrected chi connectivity index (χ4v) is 5.64. The van der Waals surface area contributed by atoms with Gasteiger partial charge < -0.3 is 15.5 Å². The summed E-state index contributed by atoms with van der Waals surface area (Å²) in [6.07, 6.45) is 12.2. The summed E-state index contributed by atoms with van der Waals surface area (Å²) in [5.74, 6) is -0.844. The highest BCUT2D eigenvalue weighted by Crippen LogP contribution is 2.36. The maximum Gasteiger partial charge on any atom is 0.326 e. The predicted octanol–water partition coefficient (Wildman–Crippen LogP) is 6.12. The van der Waals surface area contributed by atoms with Crippen LogP contribution >= 0.6 is 11.8 Å². The van der Waals surface area contributed by atoms with Crippen molar-refractivity contribution in [2.45, 2.75) is 57.1 Å². The second-order valence-electron chi connectivity index (χ2n) is 10.2. The van der Waals surface area contributed by atoms with Gasteiger partial charge in [-0.3, -0.25) is 9.78 Å². The molecule has 3 N–H and O–H groups in total. The molecule has 1 aliphatic rings. The molecule has 0 unspecified atom stereocenters. The number of pyridine rings is 1. The normalized spacial score (nSPS) is 15.9. The van der Waals surface area contributed by atoms with Crippen LogP contribution in [0.1, 0.15) is 65.6 Å². The van der Waals surface area contributed by atoms with E-state index >= 15 is 0 Å². The quantitative estimate of drug-likeness (QED) is 0.284. The number of thioether (sulfide) groups is 1. The molecule has 6 nitrogen and oxygen atoms in total. The second kappa shape index (κ2) is 13.1. The molecule has 204 valence electrons. The molecule has 2 aromatic carbocycles. The van der Waals surface area contributed by atoms with E-state index in [0.29, 0.717) is 36.1 Å². The van der Waals surface area contributed by atoms with Gasteiger partial charge >= 0.3 is 5.97 Å². The zero-order valence-corrected chi connectivity index (χ0v) is 23.3. The van der Waals surface area contributed by atoms with E-state index in [4.69, 9.17) is 0 Å². The SMILES string of the molecule is CSCC[C@H](NC(=O)c1ccc(C(=CC2(O)CCCCC2)c2cccnc2)cc1-c1ccccc1C)C(=O)O. The Morgan fingerprint density at radius 1 is 1.05 bits per heavy atom. The van der Waals surface area contributed by atoms with Crippen molar-refractivity contribution in [1.29, 1.82) is 0 Å². The number of carbonyl (C=O) groups is 2. The fourth-order valence-electron chi connectivity index (χ4n) is 5.17. The van der Waals surface area contributed by atoms with Crippen LogP contribution in [0.4, 0.5) is 0 Å². The monoisotopic (exact) mass is 544 g/mol. The molecule has 3 aromatic rings. The van der Waals surface area contributed by atoms with Crippen molar-refractivity contribution in [2.75, 3.05) is 12.0 Å². The van der Waals surface area contributed by atoms with Gasteiger partial charge in [-0.2, -0.15) is 11.8 Å². The molecule has 0 aliphatic heterocycles. The Morgan fingerprint density at radius 3 is 2.49 bits per heavy atom. The number of benzene rings is 2. The summed E-state index contributed by atoms with van der Waals surface area (Å²) in [6.45, 7) is 1.99. The number of aliphatic hydroxyl groups is 1. The van der Waals surface area contributed by atoms with E-state index in [1.54, 1.807) is 30.2 Å². The first-order valence-corrected chi connectivity index (χ1v) is 14.8. The number of nitrogens with zero attached hydrogens (tertiary/aromatic N) is 1. The van der Waals surface area contributed by atoms with Crippen LogP contribution in [0.25, 0.3) is 16.7 Å². The molecule has 1 saturated carbocycles. The maximum atomic E-state index is 13.5. The van der Waals surface area contributed by atoms with E-state index in [0.717, 1.165) is 47.1 Å². The van der Waals surface area contributed by atoms with Crippen molar-refractivity contribution in [3.8, 4) is 11.1 Å². The number of carbonyl (C=O) groups excluding carboxylic acids is 1. The number of hydrogen-bond acceptors (Lipinski definition) is 5. The molecule has 0 bridgehead atoms. The standard InChI is InChI=1S/C32H36N2O4S/c1-22-9-4-5-11-25(22)27-19-23(12-13-26(27)30(35)34-29(31(36)37)14-18-39-2)28(24-10-8-17-33-21-24)20-32(38)15-6-3-7-16-32/h4-5,8-13,17,19-21,29,38H,3,6-7,14-16,18H2,1-2H3,(H,34,35)(H,36,37)/t29-/m0/s1. The Morgan fingerprint density at radius 2 is 1.82 bits per heavy atom. The van der Waals surface area contributed by atoms with Crippen molar-refractivity contribution >= 4 is 29.2 Å². The van der Waals surface area contributed by atoms with E-state index in [9.17, 15) is 19.8 Å². The van der Waals surface area contributed by atoms with Crippen LogP contribution in [0.15, 0.2) is 73.1 Å². The first kappa shape index (κ1) is 28.6. The number of rotatable bonds is 10. The summed E-state index contributed by atoms with van der Waals surface area (Å²) in [7, 11) is 0. The van der Waals surface area contributed by atoms with Gasteiger partial charge in [0.15, 0.2) is 0 Å². The van der Waals surface area contributed by atoms with Crippen LogP contribution in [0.3, 0.4) is 0 Å². The van der Waals surface area contributed by atoms with Gasteiger partial charge in [-0.05, 0) is 90.3 Å². The van der Waals surface area contributed by atoms with Crippen LogP contribution < -0.4 is 5.32 Å². The lowest BCUT2D eigenvalue weighted by atomic mass is 9.81. The number of carboxylic acids is 1. The molecule has 1 amide bonds. The molecular formula is C32H36N2O4S. The molecule has 1 aromatic heterocycles. The Balaban J connectivity index is 1.83. The average molecular weight is 545 g/mol. The highest BCUT2D eigenvalue weighted by molar-refractivity contribution is 7.98. The van der Waals surface area contributed by atoms with Crippen molar-refractivity contribution in [3.05, 3.63) is 95.3 Å². The number of aromatic nitrogens is 1. The molecule has 0 radical (unpaired) electrons. The molecular weight excluding hydrogens is 508 g/mol. The third kappa shape index (κ3) is 7.16. The van der Waals surface area contributed by atoms with Gasteiger partial charge in [-0.15, -0.1) is 0 Å². The summed E-state index contributed by atoms with van der Waals surface area (Å²) in [6, 6.07) is 16.3. The largest absolute Gasteiger partial charge is 0.480 e. The number of carboxylic acid groups (broad SMARTS) is 1. The lowest BCUT2D eigenvalue weighted by Crippen LogP contribution is -2.41. The van der Waals surface area contributed by atoms with Crippen molar-refractivity contribution in [3.63, 3.8) is 0 Å². The Labute approximate surface area is 234 Å². The van der Waals surface area contributed by atoms with Gasteiger partial charge in [0.05, 0.1) is 5.60 Å². The highest BCUT2D eigenvalue weighted by Gasteiger charge is 2.29. The van der Waals surface area contributed by atoms with Crippen molar-refractivity contribution < 1.29 is 19.8 Å². The van der Waals surface area contributed by atoms with Crippen LogP contribution in [-0.4, -0.2) is 50.7 Å². The highest BCUT2D eigenvalue weighted by atomic mass is 32.2. The summed E-state index contributed by atoms with van der Waals surface area (Å²) in [4.78, 5) is 29.7. The molecule has 1 fully saturated rings. The van der Waals surface area contributed by atoms with E-state index in [1.165, 1.54) is 0 Å². The van der Waals surface area contributed by atoms with E-state index < -0.39 is 23.5 Å². The lowest BCUT2D eigenvalue weighted by Gasteiger charge is -2.30. The van der Waals surface area contributed by atoms with Crippen LogP contribution in [0.5, 0.6) is 0 Å². The lowest BCUT2D eigenvalue weighted by molar-refractivity contribution is -0.139. The minimum absolute atomic E-state index is 0.340. The second-order valence-corrected chi connectivity index (χ2v) is 11.2. The molecule has 7 heteroatoms. The first-order valence-electron chi connectivity index (χ1n) is 13.4. The van der Waals surface area contributed by atoms with Crippen molar-refractivity contribution in [1.82, 2.24) is 10.3 Å². The number of hydrogen-bond donors (Lipinski definition) is 3. The number of nitrogens with one attached hydrogen (secondary N) is 1. The Hall–Kier alpha value is -3.42. The zero-order chi connectivity index (χ0) is 27.8. The van der Waals surface area contributed by atoms with E-state index in [2.05, 4.69) is 10.3 Å². The van der Waals surface area contributed by atoms with Crippen LogP contribution in [0, 0.1) is 6.92 Å². The van der Waals surface area contributed by atoms with Gasteiger partial charge in [0.1, 0.15) is 6.04 Å². The third-order valence-corrected chi connectivity index (χ3v) is 7.97. The van der Waals surface area contributed by atoms with Gasteiger partial charge in [0.2, 0.25) is 0 Å². The van der Waals surface area contributed by atoms with Gasteiger partial charge in [0, 0.05) is 23.5 Å². The minimum atomic E-state index is -1.05. The fraction of sp³-hybridized carbons (Fsp3) is 0.344. The third-order valence-electron chi connectivity index (χ3n) is 7.33. The van der Waals surface area contributed by atoms with E-state index in [-0.39, 0.29) is 0 Å². The number of amides is 1. The average Bonchev–Trinajstić information content (AvgIpc) is 2.94. The van der Waals surface area contributed by atoms with Gasteiger partial charge in [-0.1, -0.05) is 55.7 Å². The Kier molecular flexibility index (Phi) is 9.59. The molecule has 4 rings (SSSR count). The first-order chi connectivity index (χ1) is 18.8. The van der Waals surface area contributed by atoms with Gasteiger partial charge in [-0.25, -0.2) is 4.79 Å². The molecule has 0 spiro atoms. The summed E-state index contributed by atoms with van der Waals surface area (Å²) in [5, 5.41) is 23.9. The minimum Gasteiger partial charge on any atom is -0.480 e. The summed E-state index contributed by atoms with van der Waals surface area (Å²) < 4.78 is 0. The van der Waals surface area contributed by atoms with E-state index in [1.807, 2.05) is 67.8 Å². The Bertz CT molecular complexity index is 1330. The van der Waals surface area contributed by atoms with Gasteiger partial charge in [0.25, 0.3) is 5.91 Å². The zero-order valence-electron chi connectivity index (χ0n) is 22.5. The summed E-state index contributed by atoms with van der Waals surface area (Å²) >= 11 is 1.54. The molecule has 0 saturated heterocycles. The van der Waals surface area contributed by atoms with Crippen LogP contribution in [0.2, 0.25) is 0 Å². The molecule has 1 atom stereocenters. The molecule has 1 aliphatic carbocycles. The predicted molar refractivity (Wildman–Crippen MR) is 158 cm³/mol. The number of aliphatic carboxylic acids is 1. The topological polar surface area (TPSA) is 99.5 Å². The molecule has 39 heavy (non-hydrogen) atoms. The molecule has 1 heterocycles. The number of aryl methyl sites for hydroxylation is 1. The summed E-state index contributed by atoms with van der Waals surface area (Å²) in [5.41, 5.74) is 4.70. The smallest absolute Gasteiger partial charge is 0.326 e. The van der Waals surface area contributed by atoms with Crippen LogP contribution in [-0.2, 0) is 4.79 Å².